The van der Waals surface area contributed by atoms with Crippen LogP contribution in [0.3, 0.4) is 0 Å². The molecule has 1 saturated heterocycles. The summed E-state index contributed by atoms with van der Waals surface area (Å²) in [5, 5.41) is 6.28. The van der Waals surface area contributed by atoms with Gasteiger partial charge in [0, 0.05) is 12.6 Å². The summed E-state index contributed by atoms with van der Waals surface area (Å²) < 4.78 is 19.1. The molecule has 6 heteroatoms. The van der Waals surface area contributed by atoms with Gasteiger partial charge in [-0.3, -0.25) is 4.79 Å². The largest absolute Gasteiger partial charge is 0.478 e. The van der Waals surface area contributed by atoms with Crippen molar-refractivity contribution in [2.45, 2.75) is 38.8 Å². The maximum atomic E-state index is 13.6. The van der Waals surface area contributed by atoms with Gasteiger partial charge in [0.1, 0.15) is 0 Å². The van der Waals surface area contributed by atoms with E-state index in [0.717, 1.165) is 19.5 Å². The van der Waals surface area contributed by atoms with Crippen molar-refractivity contribution in [1.29, 1.82) is 0 Å². The van der Waals surface area contributed by atoms with Gasteiger partial charge >= 0.3 is 0 Å². The fraction of sp³-hybridized carbons (Fsp3) is 0.562. The second kappa shape index (κ2) is 8.96. The number of halogens is 2. The quantitative estimate of drug-likeness (QED) is 0.872. The molecule has 22 heavy (non-hydrogen) atoms. The number of nitrogens with one attached hydrogen (secondary N) is 2. The van der Waals surface area contributed by atoms with Crippen LogP contribution in [-0.2, 0) is 4.79 Å². The van der Waals surface area contributed by atoms with Gasteiger partial charge in [0.2, 0.25) is 0 Å². The number of hydrogen-bond acceptors (Lipinski definition) is 3. The smallest absolute Gasteiger partial charge is 0.261 e. The summed E-state index contributed by atoms with van der Waals surface area (Å²) in [6, 6.07) is 6.25. The summed E-state index contributed by atoms with van der Waals surface area (Å²) >= 11 is 0. The number of carbonyl (C=O) groups is 1. The Hall–Kier alpha value is -1.33. The van der Waals surface area contributed by atoms with Crippen LogP contribution in [0.2, 0.25) is 0 Å². The molecule has 3 unspecified atom stereocenters. The Bertz CT molecular complexity index is 487. The average Bonchev–Trinajstić information content (AvgIpc) is 2.48. The van der Waals surface area contributed by atoms with Gasteiger partial charge in [-0.25, -0.2) is 4.39 Å². The van der Waals surface area contributed by atoms with Gasteiger partial charge < -0.3 is 15.4 Å². The molecule has 1 aliphatic heterocycles. The van der Waals surface area contributed by atoms with Gasteiger partial charge in [0.15, 0.2) is 17.7 Å². The van der Waals surface area contributed by atoms with E-state index >= 15 is 0 Å². The van der Waals surface area contributed by atoms with Crippen LogP contribution < -0.4 is 15.4 Å². The van der Waals surface area contributed by atoms with Crippen molar-refractivity contribution >= 4 is 18.3 Å². The topological polar surface area (TPSA) is 50.4 Å². The molecular formula is C16H24ClFN2O2. The highest BCUT2D eigenvalue weighted by atomic mass is 35.5. The van der Waals surface area contributed by atoms with Crippen molar-refractivity contribution in [1.82, 2.24) is 10.6 Å². The minimum absolute atomic E-state index is 0. The number of piperidine rings is 1. The van der Waals surface area contributed by atoms with E-state index in [1.807, 2.05) is 6.92 Å². The predicted octanol–water partition coefficient (Wildman–Crippen LogP) is 2.52. The van der Waals surface area contributed by atoms with Crippen LogP contribution in [0.25, 0.3) is 0 Å². The van der Waals surface area contributed by atoms with Crippen LogP contribution in [-0.4, -0.2) is 31.1 Å². The normalized spacial score (nSPS) is 22.3. The average molecular weight is 331 g/mol. The lowest BCUT2D eigenvalue weighted by Gasteiger charge is -2.31. The van der Waals surface area contributed by atoms with E-state index in [-0.39, 0.29) is 30.1 Å². The maximum absolute atomic E-state index is 13.6. The van der Waals surface area contributed by atoms with Gasteiger partial charge in [0.25, 0.3) is 5.91 Å². The van der Waals surface area contributed by atoms with Gasteiger partial charge in [0.05, 0.1) is 0 Å². The second-order valence-electron chi connectivity index (χ2n) is 5.53. The zero-order valence-electron chi connectivity index (χ0n) is 13.0. The minimum atomic E-state index is -0.670. The molecule has 1 aromatic carbocycles. The van der Waals surface area contributed by atoms with Gasteiger partial charge in [-0.15, -0.1) is 12.4 Å². The van der Waals surface area contributed by atoms with Crippen LogP contribution in [0.15, 0.2) is 24.3 Å². The zero-order valence-corrected chi connectivity index (χ0v) is 13.8. The highest BCUT2D eigenvalue weighted by molar-refractivity contribution is 5.85. The summed E-state index contributed by atoms with van der Waals surface area (Å²) in [5.74, 6) is -0.0757. The molecule has 124 valence electrons. The molecule has 0 spiro atoms. The lowest BCUT2D eigenvalue weighted by atomic mass is 9.94. The summed E-state index contributed by atoms with van der Waals surface area (Å²) in [6.07, 6.45) is 0.862. The molecule has 1 aliphatic rings. The molecule has 1 fully saturated rings. The first kappa shape index (κ1) is 18.7. The third-order valence-electron chi connectivity index (χ3n) is 3.92. The van der Waals surface area contributed by atoms with Crippen LogP contribution in [0.4, 0.5) is 4.39 Å². The molecule has 0 bridgehead atoms. The number of carbonyl (C=O) groups excluding carboxylic acids is 1. The fourth-order valence-electron chi connectivity index (χ4n) is 2.47. The molecule has 0 radical (unpaired) electrons. The molecule has 4 nitrogen and oxygen atoms in total. The summed E-state index contributed by atoms with van der Waals surface area (Å²) in [5.41, 5.74) is 0. The van der Waals surface area contributed by atoms with Crippen LogP contribution in [0.5, 0.6) is 5.75 Å². The number of para-hydroxylation sites is 1. The third kappa shape index (κ3) is 4.85. The van der Waals surface area contributed by atoms with E-state index in [0.29, 0.717) is 12.3 Å². The van der Waals surface area contributed by atoms with Crippen molar-refractivity contribution in [3.8, 4) is 5.75 Å². The highest BCUT2D eigenvalue weighted by Gasteiger charge is 2.27. The summed E-state index contributed by atoms with van der Waals surface area (Å²) in [6.45, 7) is 5.73. The lowest BCUT2D eigenvalue weighted by Crippen LogP contribution is -2.53. The Morgan fingerprint density at radius 2 is 2.23 bits per heavy atom. The molecule has 0 aromatic heterocycles. The first-order valence-corrected chi connectivity index (χ1v) is 7.54. The van der Waals surface area contributed by atoms with E-state index in [4.69, 9.17) is 4.74 Å². The Morgan fingerprint density at radius 1 is 1.50 bits per heavy atom. The molecule has 1 aromatic rings. The molecule has 2 rings (SSSR count). The number of hydrogen-bond donors (Lipinski definition) is 2. The fourth-order valence-corrected chi connectivity index (χ4v) is 2.47. The Labute approximate surface area is 137 Å². The van der Waals surface area contributed by atoms with E-state index < -0.39 is 11.9 Å². The molecular weight excluding hydrogens is 307 g/mol. The van der Waals surface area contributed by atoms with E-state index in [2.05, 4.69) is 17.6 Å². The number of rotatable bonds is 5. The third-order valence-corrected chi connectivity index (χ3v) is 3.92. The van der Waals surface area contributed by atoms with Crippen molar-refractivity contribution < 1.29 is 13.9 Å². The van der Waals surface area contributed by atoms with Crippen LogP contribution in [0.1, 0.15) is 26.7 Å². The predicted molar refractivity (Wildman–Crippen MR) is 86.9 cm³/mol. The standard InChI is InChI=1S/C16H23FN2O2.ClH/c1-3-14(21-15-7-5-4-6-12(15)17)16(20)19-13-10-18-9-8-11(13)2;/h4-7,11,13-14,18H,3,8-10H2,1-2H3,(H,19,20);1H. The van der Waals surface area contributed by atoms with Crippen LogP contribution in [0, 0.1) is 11.7 Å². The van der Waals surface area contributed by atoms with Crippen molar-refractivity contribution in [3.63, 3.8) is 0 Å². The maximum Gasteiger partial charge on any atom is 0.261 e. The van der Waals surface area contributed by atoms with Gasteiger partial charge in [-0.1, -0.05) is 26.0 Å². The molecule has 1 amide bonds. The minimum Gasteiger partial charge on any atom is -0.478 e. The lowest BCUT2D eigenvalue weighted by molar-refractivity contribution is -0.129. The van der Waals surface area contributed by atoms with Crippen molar-refractivity contribution in [2.75, 3.05) is 13.1 Å². The van der Waals surface area contributed by atoms with Crippen molar-refractivity contribution in [3.05, 3.63) is 30.1 Å². The molecule has 2 N–H and O–H groups in total. The van der Waals surface area contributed by atoms with Gasteiger partial charge in [-0.05, 0) is 37.4 Å². The second-order valence-corrected chi connectivity index (χ2v) is 5.53. The van der Waals surface area contributed by atoms with E-state index in [1.54, 1.807) is 12.1 Å². The van der Waals surface area contributed by atoms with Crippen LogP contribution >= 0.6 is 12.4 Å². The van der Waals surface area contributed by atoms with Crippen molar-refractivity contribution in [2.24, 2.45) is 5.92 Å². The van der Waals surface area contributed by atoms with E-state index in [1.165, 1.54) is 12.1 Å². The van der Waals surface area contributed by atoms with Gasteiger partial charge in [-0.2, -0.15) is 0 Å². The molecule has 0 aliphatic carbocycles. The first-order chi connectivity index (χ1) is 10.1. The Balaban J connectivity index is 0.00000242. The Kier molecular flexibility index (Phi) is 7.62. The zero-order chi connectivity index (χ0) is 15.2. The Morgan fingerprint density at radius 3 is 2.86 bits per heavy atom. The summed E-state index contributed by atoms with van der Waals surface area (Å²) in [4.78, 5) is 12.3. The SMILES string of the molecule is CCC(Oc1ccccc1F)C(=O)NC1CNCCC1C.Cl. The number of benzene rings is 1. The monoisotopic (exact) mass is 330 g/mol. The number of amides is 1. The molecule has 3 atom stereocenters. The molecule has 0 saturated carbocycles. The first-order valence-electron chi connectivity index (χ1n) is 7.54. The molecule has 1 heterocycles. The highest BCUT2D eigenvalue weighted by Crippen LogP contribution is 2.18. The number of ether oxygens (including phenoxy) is 1. The summed E-state index contributed by atoms with van der Waals surface area (Å²) in [7, 11) is 0. The van der Waals surface area contributed by atoms with E-state index in [9.17, 15) is 9.18 Å².